The lowest BCUT2D eigenvalue weighted by molar-refractivity contribution is 0.323. The fourth-order valence-electron chi connectivity index (χ4n) is 7.62. The van der Waals surface area contributed by atoms with E-state index in [1.54, 1.807) is 11.1 Å². The predicted octanol–water partition coefficient (Wildman–Crippen LogP) is 10.6. The highest BCUT2D eigenvalue weighted by Gasteiger charge is 2.35. The maximum Gasteiger partial charge on any atom is 0.00421 e. The molecule has 2 aromatic rings. The van der Waals surface area contributed by atoms with Crippen LogP contribution in [0.3, 0.4) is 0 Å². The quantitative estimate of drug-likeness (QED) is 0.352. The predicted molar refractivity (Wildman–Crippen MR) is 162 cm³/mol. The number of rotatable bonds is 6. The van der Waals surface area contributed by atoms with E-state index in [2.05, 4.69) is 84.2 Å². The van der Waals surface area contributed by atoms with Crippen LogP contribution in [0.2, 0.25) is 0 Å². The van der Waals surface area contributed by atoms with E-state index in [4.69, 9.17) is 0 Å². The fraction of sp³-hybridized carbons (Fsp3) is 0.514. The van der Waals surface area contributed by atoms with Crippen LogP contribution in [0.25, 0.3) is 17.2 Å². The molecule has 0 N–H and O–H groups in total. The van der Waals surface area contributed by atoms with Gasteiger partial charge in [0, 0.05) is 5.92 Å². The van der Waals surface area contributed by atoms with Crippen LogP contribution in [-0.2, 0) is 12.8 Å². The third-order valence-electron chi connectivity index (χ3n) is 9.40. The summed E-state index contributed by atoms with van der Waals surface area (Å²) >= 11 is 0. The van der Waals surface area contributed by atoms with Gasteiger partial charge in [0.2, 0.25) is 0 Å². The van der Waals surface area contributed by atoms with Crippen molar-refractivity contribution in [3.05, 3.63) is 88.0 Å². The van der Waals surface area contributed by atoms with Gasteiger partial charge in [-0.2, -0.15) is 0 Å². The molecule has 3 aliphatic carbocycles. The first-order valence-corrected chi connectivity index (χ1v) is 14.9. The first-order chi connectivity index (χ1) is 17.6. The first-order valence-electron chi connectivity index (χ1n) is 14.9. The summed E-state index contributed by atoms with van der Waals surface area (Å²) in [6.45, 7) is 20.8. The monoisotopic (exact) mass is 492 g/mol. The molecular weight excluding hydrogens is 444 g/mol. The smallest absolute Gasteiger partial charge is 0.00421 e. The molecule has 0 aromatic heterocycles. The molecule has 0 heteroatoms. The highest BCUT2D eigenvalue weighted by molar-refractivity contribution is 5.80. The van der Waals surface area contributed by atoms with Crippen LogP contribution in [0.4, 0.5) is 0 Å². The van der Waals surface area contributed by atoms with Crippen LogP contribution >= 0.6 is 0 Å². The Morgan fingerprint density at radius 3 is 2.41 bits per heavy atom. The Hall–Kier alpha value is -2.34. The van der Waals surface area contributed by atoms with Gasteiger partial charge in [0.1, 0.15) is 0 Å². The van der Waals surface area contributed by atoms with E-state index in [1.807, 2.05) is 0 Å². The van der Waals surface area contributed by atoms with Crippen molar-refractivity contribution >= 4 is 6.08 Å². The van der Waals surface area contributed by atoms with E-state index in [1.165, 1.54) is 89.5 Å². The van der Waals surface area contributed by atoms with E-state index in [-0.39, 0.29) is 0 Å². The van der Waals surface area contributed by atoms with Gasteiger partial charge in [0.25, 0.3) is 0 Å². The molecule has 196 valence electrons. The molecule has 0 bridgehead atoms. The molecule has 3 aliphatic rings. The molecule has 2 fully saturated rings. The van der Waals surface area contributed by atoms with Gasteiger partial charge < -0.3 is 0 Å². The SMILES string of the molecule is C=C1CC(CC(C)(C)C)C(=C)C1CC1=Cc2cccc(-c3cc(C)cc(C)c3CC3CCCCC3)c2C1. The van der Waals surface area contributed by atoms with Crippen molar-refractivity contribution < 1.29 is 0 Å². The van der Waals surface area contributed by atoms with E-state index in [0.29, 0.717) is 17.3 Å². The minimum absolute atomic E-state index is 0.335. The van der Waals surface area contributed by atoms with E-state index < -0.39 is 0 Å². The standard InChI is InChI=1S/C37H48/c1-24-16-25(2)34(20-28-12-9-8-10-13-28)36(17-24)32-15-11-14-30-19-29(22-35(30)32)21-33-26(3)18-31(27(33)4)23-37(5,6)7/h11,14-17,19,28,31,33H,3-4,8-10,12-13,18,20-23H2,1-2,5-7H3. The third-order valence-corrected chi connectivity index (χ3v) is 9.40. The van der Waals surface area contributed by atoms with Crippen molar-refractivity contribution in [1.29, 1.82) is 0 Å². The minimum Gasteiger partial charge on any atom is -0.0992 e. The van der Waals surface area contributed by atoms with Gasteiger partial charge in [-0.3, -0.25) is 0 Å². The molecule has 2 aromatic carbocycles. The molecule has 2 unspecified atom stereocenters. The fourth-order valence-corrected chi connectivity index (χ4v) is 7.62. The van der Waals surface area contributed by atoms with Gasteiger partial charge in [-0.25, -0.2) is 0 Å². The molecule has 5 rings (SSSR count). The van der Waals surface area contributed by atoms with Crippen LogP contribution < -0.4 is 0 Å². The van der Waals surface area contributed by atoms with Gasteiger partial charge in [-0.1, -0.05) is 125 Å². The van der Waals surface area contributed by atoms with Crippen LogP contribution in [0.1, 0.15) is 100.0 Å². The number of benzene rings is 2. The van der Waals surface area contributed by atoms with Gasteiger partial charge >= 0.3 is 0 Å². The lowest BCUT2D eigenvalue weighted by atomic mass is 9.80. The van der Waals surface area contributed by atoms with Gasteiger partial charge in [0.15, 0.2) is 0 Å². The number of aryl methyl sites for hydroxylation is 2. The normalized spacial score (nSPS) is 22.5. The molecule has 37 heavy (non-hydrogen) atoms. The summed E-state index contributed by atoms with van der Waals surface area (Å²) in [6, 6.07) is 11.9. The van der Waals surface area contributed by atoms with Crippen LogP contribution in [0, 0.1) is 37.0 Å². The third kappa shape index (κ3) is 5.74. The van der Waals surface area contributed by atoms with E-state index in [0.717, 1.165) is 25.2 Å². The molecule has 0 saturated heterocycles. The Morgan fingerprint density at radius 2 is 1.68 bits per heavy atom. The van der Waals surface area contributed by atoms with Crippen molar-refractivity contribution in [1.82, 2.24) is 0 Å². The van der Waals surface area contributed by atoms with Crippen molar-refractivity contribution in [2.24, 2.45) is 23.2 Å². The van der Waals surface area contributed by atoms with Crippen LogP contribution in [-0.4, -0.2) is 0 Å². The number of allylic oxidation sites excluding steroid dienone is 3. The van der Waals surface area contributed by atoms with Crippen molar-refractivity contribution in [3.8, 4) is 11.1 Å². The van der Waals surface area contributed by atoms with Crippen molar-refractivity contribution in [3.63, 3.8) is 0 Å². The zero-order valence-corrected chi connectivity index (χ0v) is 24.2. The lowest BCUT2D eigenvalue weighted by Crippen LogP contribution is -2.13. The molecule has 2 atom stereocenters. The average Bonchev–Trinajstić information content (AvgIpc) is 3.36. The maximum atomic E-state index is 4.61. The summed E-state index contributed by atoms with van der Waals surface area (Å²) in [5.41, 5.74) is 15.1. The maximum absolute atomic E-state index is 4.61. The largest absolute Gasteiger partial charge is 0.0992 e. The van der Waals surface area contributed by atoms with Gasteiger partial charge in [-0.05, 0) is 96.6 Å². The molecule has 0 nitrogen and oxygen atoms in total. The Morgan fingerprint density at radius 1 is 0.919 bits per heavy atom. The summed E-state index contributed by atoms with van der Waals surface area (Å²) in [6.07, 6.45) is 15.3. The van der Waals surface area contributed by atoms with Crippen LogP contribution in [0.15, 0.2) is 60.2 Å². The summed E-state index contributed by atoms with van der Waals surface area (Å²) < 4.78 is 0. The molecule has 0 aliphatic heterocycles. The highest BCUT2D eigenvalue weighted by Crippen LogP contribution is 2.48. The zero-order valence-electron chi connectivity index (χ0n) is 24.2. The molecule has 0 heterocycles. The Balaban J connectivity index is 1.39. The number of fused-ring (bicyclic) bond motifs is 1. The molecule has 2 saturated carbocycles. The molecule has 0 radical (unpaired) electrons. The summed E-state index contributed by atoms with van der Waals surface area (Å²) in [5, 5.41) is 0. The molecule has 0 spiro atoms. The summed E-state index contributed by atoms with van der Waals surface area (Å²) in [7, 11) is 0. The number of hydrogen-bond acceptors (Lipinski definition) is 0. The Bertz CT molecular complexity index is 1220. The second kappa shape index (κ2) is 10.4. The highest BCUT2D eigenvalue weighted by atomic mass is 14.4. The van der Waals surface area contributed by atoms with E-state index >= 15 is 0 Å². The Labute approximate surface area is 227 Å². The second-order valence-corrected chi connectivity index (χ2v) is 13.8. The van der Waals surface area contributed by atoms with E-state index in [9.17, 15) is 0 Å². The van der Waals surface area contributed by atoms with Crippen molar-refractivity contribution in [2.75, 3.05) is 0 Å². The zero-order chi connectivity index (χ0) is 26.3. The van der Waals surface area contributed by atoms with Gasteiger partial charge in [-0.15, -0.1) is 0 Å². The topological polar surface area (TPSA) is 0 Å². The first kappa shape index (κ1) is 26.3. The summed E-state index contributed by atoms with van der Waals surface area (Å²) in [4.78, 5) is 0. The number of hydrogen-bond donors (Lipinski definition) is 0. The molecular formula is C37H48. The van der Waals surface area contributed by atoms with Crippen LogP contribution in [0.5, 0.6) is 0 Å². The Kier molecular flexibility index (Phi) is 7.41. The lowest BCUT2D eigenvalue weighted by Gasteiger charge is -2.25. The molecule has 0 amide bonds. The van der Waals surface area contributed by atoms with Gasteiger partial charge in [0.05, 0.1) is 0 Å². The summed E-state index contributed by atoms with van der Waals surface area (Å²) in [5.74, 6) is 1.88. The average molecular weight is 493 g/mol. The second-order valence-electron chi connectivity index (χ2n) is 13.8. The van der Waals surface area contributed by atoms with Crippen molar-refractivity contribution in [2.45, 2.75) is 98.8 Å². The minimum atomic E-state index is 0.335.